The zero-order valence-electron chi connectivity index (χ0n) is 12.1. The van der Waals surface area contributed by atoms with E-state index in [9.17, 15) is 4.79 Å². The number of thiophene rings is 1. The number of hydrogen-bond donors (Lipinski definition) is 1. The number of aryl methyl sites for hydroxylation is 1. The largest absolute Gasteiger partial charge is 0.359 e. The summed E-state index contributed by atoms with van der Waals surface area (Å²) in [5.74, 6) is 0.983. The van der Waals surface area contributed by atoms with Gasteiger partial charge >= 0.3 is 0 Å². The quantitative estimate of drug-likeness (QED) is 0.829. The molecule has 0 aliphatic heterocycles. The van der Waals surface area contributed by atoms with Gasteiger partial charge in [0.1, 0.15) is 17.0 Å². The maximum absolute atomic E-state index is 10.8. The summed E-state index contributed by atoms with van der Waals surface area (Å²) >= 11 is 1.73. The number of carbonyl (C=O) groups is 1. The molecular weight excluding hydrogens is 272 g/mol. The fourth-order valence-corrected chi connectivity index (χ4v) is 2.99. The second-order valence-electron chi connectivity index (χ2n) is 4.74. The number of nitrogens with zero attached hydrogens (tertiary/aromatic N) is 3. The standard InChI is InChI=1S/C14H20N4OS/c1-4-11-8-12-13(16-9-17-14(12)20-11)18(3)7-5-6-15-10(2)19/h8-9H,4-7H2,1-3H3,(H,15,19). The summed E-state index contributed by atoms with van der Waals surface area (Å²) in [4.78, 5) is 24.1. The molecule has 0 atom stereocenters. The first kappa shape index (κ1) is 14.7. The van der Waals surface area contributed by atoms with E-state index in [4.69, 9.17) is 0 Å². The number of amides is 1. The molecule has 0 aliphatic carbocycles. The molecule has 0 radical (unpaired) electrons. The lowest BCUT2D eigenvalue weighted by Gasteiger charge is -2.18. The molecule has 2 heterocycles. The number of aromatic nitrogens is 2. The van der Waals surface area contributed by atoms with Crippen LogP contribution in [0.3, 0.4) is 0 Å². The predicted molar refractivity (Wildman–Crippen MR) is 83.4 cm³/mol. The average Bonchev–Trinajstić information content (AvgIpc) is 2.85. The molecule has 0 spiro atoms. The van der Waals surface area contributed by atoms with Gasteiger partial charge in [-0.25, -0.2) is 9.97 Å². The third-order valence-corrected chi connectivity index (χ3v) is 4.30. The highest BCUT2D eigenvalue weighted by atomic mass is 32.1. The second kappa shape index (κ2) is 6.65. The van der Waals surface area contributed by atoms with E-state index >= 15 is 0 Å². The second-order valence-corrected chi connectivity index (χ2v) is 5.86. The number of anilines is 1. The van der Waals surface area contributed by atoms with E-state index < -0.39 is 0 Å². The van der Waals surface area contributed by atoms with Crippen LogP contribution in [0.25, 0.3) is 10.2 Å². The van der Waals surface area contributed by atoms with Gasteiger partial charge in [-0.2, -0.15) is 0 Å². The van der Waals surface area contributed by atoms with Crippen LogP contribution in [-0.4, -0.2) is 36.0 Å². The molecule has 2 rings (SSSR count). The molecule has 2 aromatic rings. The Morgan fingerprint density at radius 3 is 2.95 bits per heavy atom. The van der Waals surface area contributed by atoms with E-state index in [1.165, 1.54) is 11.8 Å². The third kappa shape index (κ3) is 3.45. The number of fused-ring (bicyclic) bond motifs is 1. The van der Waals surface area contributed by atoms with Gasteiger partial charge in [0.15, 0.2) is 0 Å². The van der Waals surface area contributed by atoms with Crippen LogP contribution in [0.2, 0.25) is 0 Å². The summed E-state index contributed by atoms with van der Waals surface area (Å²) in [7, 11) is 2.03. The number of hydrogen-bond acceptors (Lipinski definition) is 5. The lowest BCUT2D eigenvalue weighted by atomic mass is 10.3. The number of carbonyl (C=O) groups excluding carboxylic acids is 1. The van der Waals surface area contributed by atoms with E-state index in [0.717, 1.165) is 35.4 Å². The van der Waals surface area contributed by atoms with Crippen LogP contribution in [0.1, 0.15) is 25.1 Å². The van der Waals surface area contributed by atoms with E-state index in [1.807, 2.05) is 7.05 Å². The Balaban J connectivity index is 2.07. The van der Waals surface area contributed by atoms with Crippen LogP contribution in [0, 0.1) is 0 Å². The predicted octanol–water partition coefficient (Wildman–Crippen LogP) is 2.22. The van der Waals surface area contributed by atoms with Crippen LogP contribution < -0.4 is 10.2 Å². The Kier molecular flexibility index (Phi) is 4.89. The molecule has 108 valence electrons. The van der Waals surface area contributed by atoms with Gasteiger partial charge in [-0.15, -0.1) is 11.3 Å². The van der Waals surface area contributed by atoms with Crippen molar-refractivity contribution in [1.29, 1.82) is 0 Å². The maximum atomic E-state index is 10.8. The van der Waals surface area contributed by atoms with Crippen LogP contribution >= 0.6 is 11.3 Å². The van der Waals surface area contributed by atoms with E-state index in [0.29, 0.717) is 6.54 Å². The first-order valence-electron chi connectivity index (χ1n) is 6.80. The van der Waals surface area contributed by atoms with Gasteiger partial charge < -0.3 is 10.2 Å². The van der Waals surface area contributed by atoms with Crippen molar-refractivity contribution in [3.63, 3.8) is 0 Å². The smallest absolute Gasteiger partial charge is 0.216 e. The van der Waals surface area contributed by atoms with E-state index in [-0.39, 0.29) is 5.91 Å². The van der Waals surface area contributed by atoms with Gasteiger partial charge in [-0.3, -0.25) is 4.79 Å². The van der Waals surface area contributed by atoms with Crippen LogP contribution in [-0.2, 0) is 11.2 Å². The molecule has 0 aliphatic rings. The number of nitrogens with one attached hydrogen (secondary N) is 1. The summed E-state index contributed by atoms with van der Waals surface area (Å²) in [6.45, 7) is 5.23. The molecule has 20 heavy (non-hydrogen) atoms. The van der Waals surface area contributed by atoms with Crippen LogP contribution in [0.15, 0.2) is 12.4 Å². The van der Waals surface area contributed by atoms with Crippen molar-refractivity contribution in [3.8, 4) is 0 Å². The molecular formula is C14H20N4OS. The highest BCUT2D eigenvalue weighted by Gasteiger charge is 2.11. The Hall–Kier alpha value is -1.69. The van der Waals surface area contributed by atoms with Crippen molar-refractivity contribution in [1.82, 2.24) is 15.3 Å². The van der Waals surface area contributed by atoms with Gasteiger partial charge in [0.25, 0.3) is 0 Å². The maximum Gasteiger partial charge on any atom is 0.216 e. The molecule has 5 nitrogen and oxygen atoms in total. The molecule has 0 saturated heterocycles. The molecule has 2 aromatic heterocycles. The normalized spacial score (nSPS) is 10.8. The Morgan fingerprint density at radius 1 is 1.45 bits per heavy atom. The van der Waals surface area contributed by atoms with E-state index in [2.05, 4.69) is 33.2 Å². The Labute approximate surface area is 123 Å². The lowest BCUT2D eigenvalue weighted by Crippen LogP contribution is -2.26. The molecule has 0 fully saturated rings. The van der Waals surface area contributed by atoms with Crippen molar-refractivity contribution in [2.45, 2.75) is 26.7 Å². The van der Waals surface area contributed by atoms with Gasteiger partial charge in [0, 0.05) is 31.9 Å². The van der Waals surface area contributed by atoms with Gasteiger partial charge in [-0.1, -0.05) is 6.92 Å². The van der Waals surface area contributed by atoms with Crippen LogP contribution in [0.4, 0.5) is 5.82 Å². The summed E-state index contributed by atoms with van der Waals surface area (Å²) < 4.78 is 0. The zero-order chi connectivity index (χ0) is 14.5. The fourth-order valence-electron chi connectivity index (χ4n) is 2.06. The van der Waals surface area contributed by atoms with Gasteiger partial charge in [0.2, 0.25) is 5.91 Å². The monoisotopic (exact) mass is 292 g/mol. The highest BCUT2D eigenvalue weighted by molar-refractivity contribution is 7.18. The summed E-state index contributed by atoms with van der Waals surface area (Å²) in [5, 5.41) is 3.93. The summed E-state index contributed by atoms with van der Waals surface area (Å²) in [5.41, 5.74) is 0. The van der Waals surface area contributed by atoms with Crippen LogP contribution in [0.5, 0.6) is 0 Å². The van der Waals surface area contributed by atoms with E-state index in [1.54, 1.807) is 17.7 Å². The van der Waals surface area contributed by atoms with Crippen molar-refractivity contribution in [2.75, 3.05) is 25.0 Å². The summed E-state index contributed by atoms with van der Waals surface area (Å²) in [6, 6.07) is 2.18. The first-order valence-corrected chi connectivity index (χ1v) is 7.62. The Bertz CT molecular complexity index is 596. The minimum Gasteiger partial charge on any atom is -0.359 e. The fraction of sp³-hybridized carbons (Fsp3) is 0.500. The van der Waals surface area contributed by atoms with Crippen molar-refractivity contribution < 1.29 is 4.79 Å². The minimum atomic E-state index is 0.0162. The number of rotatable bonds is 6. The molecule has 0 saturated carbocycles. The molecule has 0 unspecified atom stereocenters. The molecule has 6 heteroatoms. The topological polar surface area (TPSA) is 58.1 Å². The molecule has 1 N–H and O–H groups in total. The Morgan fingerprint density at radius 2 is 2.25 bits per heavy atom. The van der Waals surface area contributed by atoms with Gasteiger partial charge in [0.05, 0.1) is 5.39 Å². The highest BCUT2D eigenvalue weighted by Crippen LogP contribution is 2.29. The zero-order valence-corrected chi connectivity index (χ0v) is 13.0. The SMILES string of the molecule is CCc1cc2c(N(C)CCCNC(C)=O)ncnc2s1. The first-order chi connectivity index (χ1) is 9.61. The van der Waals surface area contributed by atoms with Crippen molar-refractivity contribution in [3.05, 3.63) is 17.3 Å². The van der Waals surface area contributed by atoms with Gasteiger partial charge in [-0.05, 0) is 18.9 Å². The minimum absolute atomic E-state index is 0.0162. The lowest BCUT2D eigenvalue weighted by molar-refractivity contribution is -0.118. The average molecular weight is 292 g/mol. The molecule has 0 bridgehead atoms. The molecule has 0 aromatic carbocycles. The third-order valence-electron chi connectivity index (χ3n) is 3.11. The summed E-state index contributed by atoms with van der Waals surface area (Å²) in [6.07, 6.45) is 3.54. The van der Waals surface area contributed by atoms with Crippen molar-refractivity contribution in [2.24, 2.45) is 0 Å². The van der Waals surface area contributed by atoms with Crippen molar-refractivity contribution >= 4 is 33.3 Å². The molecule has 1 amide bonds.